The van der Waals surface area contributed by atoms with E-state index < -0.39 is 4.92 Å². The van der Waals surface area contributed by atoms with E-state index in [1.807, 2.05) is 31.2 Å². The van der Waals surface area contributed by atoms with Crippen LogP contribution in [-0.2, 0) is 4.79 Å². The highest BCUT2D eigenvalue weighted by Crippen LogP contribution is 2.38. The number of fused-ring (bicyclic) bond motifs is 1. The van der Waals surface area contributed by atoms with E-state index in [4.69, 9.17) is 10.5 Å². The molecule has 0 aromatic heterocycles. The van der Waals surface area contributed by atoms with Crippen LogP contribution in [-0.4, -0.2) is 23.9 Å². The Morgan fingerprint density at radius 3 is 2.74 bits per heavy atom. The molecule has 1 amide bonds. The second-order valence-electron chi connectivity index (χ2n) is 6.39. The zero-order valence-electron chi connectivity index (χ0n) is 15.1. The van der Waals surface area contributed by atoms with Crippen LogP contribution in [0.15, 0.2) is 48.2 Å². The van der Waals surface area contributed by atoms with Gasteiger partial charge in [-0.15, -0.1) is 0 Å². The molecule has 0 fully saturated rings. The topological polar surface area (TPSA) is 98.7 Å². The first-order chi connectivity index (χ1) is 13.0. The van der Waals surface area contributed by atoms with Crippen LogP contribution in [0, 0.1) is 17.0 Å². The highest BCUT2D eigenvalue weighted by molar-refractivity contribution is 6.10. The zero-order valence-corrected chi connectivity index (χ0v) is 15.1. The van der Waals surface area contributed by atoms with Gasteiger partial charge in [-0.2, -0.15) is 0 Å². The smallest absolute Gasteiger partial charge is 0.294 e. The van der Waals surface area contributed by atoms with Crippen molar-refractivity contribution in [3.05, 3.63) is 69.5 Å². The monoisotopic (exact) mass is 367 g/mol. The normalized spacial score (nSPS) is 14.8. The van der Waals surface area contributed by atoms with E-state index in [1.54, 1.807) is 6.08 Å². The Morgan fingerprint density at radius 1 is 1.22 bits per heavy atom. The SMILES string of the molecule is Cc1cccc(/C=C2/Oc3ccc([N+](=O)[O-])cc3N(CCCCN)C2=O)c1. The lowest BCUT2D eigenvalue weighted by Crippen LogP contribution is -2.38. The highest BCUT2D eigenvalue weighted by atomic mass is 16.6. The molecule has 2 aromatic rings. The van der Waals surface area contributed by atoms with E-state index in [1.165, 1.54) is 23.1 Å². The third-order valence-electron chi connectivity index (χ3n) is 4.30. The lowest BCUT2D eigenvalue weighted by atomic mass is 10.1. The van der Waals surface area contributed by atoms with Crippen molar-refractivity contribution in [1.82, 2.24) is 0 Å². The minimum absolute atomic E-state index is 0.0833. The molecular formula is C20H21N3O4. The summed E-state index contributed by atoms with van der Waals surface area (Å²) >= 11 is 0. The standard InChI is InChI=1S/C20H21N3O4/c1-14-5-4-6-15(11-14)12-19-20(24)22(10-3-2-9-21)17-13-16(23(25)26)7-8-18(17)27-19/h4-8,11-13H,2-3,9-10,21H2,1H3/b19-12+. The number of non-ortho nitro benzene ring substituents is 1. The molecule has 0 radical (unpaired) electrons. The van der Waals surface area contributed by atoms with Gasteiger partial charge in [0, 0.05) is 18.7 Å². The number of rotatable bonds is 6. The Morgan fingerprint density at radius 2 is 2.04 bits per heavy atom. The molecule has 1 aliphatic rings. The number of nitrogens with two attached hydrogens (primary N) is 1. The van der Waals surface area contributed by atoms with E-state index in [0.29, 0.717) is 30.9 Å². The van der Waals surface area contributed by atoms with Crippen molar-refractivity contribution in [2.75, 3.05) is 18.0 Å². The maximum absolute atomic E-state index is 13.0. The minimum Gasteiger partial charge on any atom is -0.449 e. The van der Waals surface area contributed by atoms with E-state index >= 15 is 0 Å². The maximum Gasteiger partial charge on any atom is 0.294 e. The highest BCUT2D eigenvalue weighted by Gasteiger charge is 2.31. The van der Waals surface area contributed by atoms with Gasteiger partial charge in [-0.3, -0.25) is 14.9 Å². The van der Waals surface area contributed by atoms with Crippen LogP contribution in [0.25, 0.3) is 6.08 Å². The summed E-state index contributed by atoms with van der Waals surface area (Å²) in [7, 11) is 0. The van der Waals surface area contributed by atoms with Gasteiger partial charge in [-0.1, -0.05) is 29.8 Å². The number of ether oxygens (including phenoxy) is 1. The summed E-state index contributed by atoms with van der Waals surface area (Å²) in [4.78, 5) is 25.1. The summed E-state index contributed by atoms with van der Waals surface area (Å²) in [5.74, 6) is 0.295. The number of carbonyl (C=O) groups is 1. The third-order valence-corrected chi connectivity index (χ3v) is 4.30. The molecule has 7 heteroatoms. The second-order valence-corrected chi connectivity index (χ2v) is 6.39. The molecule has 140 valence electrons. The number of benzene rings is 2. The average Bonchev–Trinajstić information content (AvgIpc) is 2.64. The van der Waals surface area contributed by atoms with Crippen molar-refractivity contribution in [1.29, 1.82) is 0 Å². The van der Waals surface area contributed by atoms with Crippen LogP contribution < -0.4 is 15.4 Å². The van der Waals surface area contributed by atoms with Gasteiger partial charge in [0.05, 0.1) is 10.6 Å². The van der Waals surface area contributed by atoms with E-state index in [9.17, 15) is 14.9 Å². The molecule has 2 aromatic carbocycles. The number of unbranched alkanes of at least 4 members (excludes halogenated alkanes) is 1. The van der Waals surface area contributed by atoms with Gasteiger partial charge in [0.2, 0.25) is 0 Å². The lowest BCUT2D eigenvalue weighted by Gasteiger charge is -2.30. The summed E-state index contributed by atoms with van der Waals surface area (Å²) in [6, 6.07) is 12.0. The first kappa shape index (κ1) is 18.6. The Kier molecular flexibility index (Phi) is 5.52. The number of anilines is 1. The molecule has 3 rings (SSSR count). The Hall–Kier alpha value is -3.19. The van der Waals surface area contributed by atoms with Crippen LogP contribution in [0.1, 0.15) is 24.0 Å². The van der Waals surface area contributed by atoms with Crippen molar-refractivity contribution < 1.29 is 14.5 Å². The van der Waals surface area contributed by atoms with E-state index in [2.05, 4.69) is 0 Å². The molecule has 0 atom stereocenters. The number of carbonyl (C=O) groups excluding carboxylic acids is 1. The van der Waals surface area contributed by atoms with Crippen LogP contribution in [0.5, 0.6) is 5.75 Å². The van der Waals surface area contributed by atoms with Crippen molar-refractivity contribution in [3.8, 4) is 5.75 Å². The minimum atomic E-state index is -0.485. The fourth-order valence-electron chi connectivity index (χ4n) is 2.96. The molecule has 27 heavy (non-hydrogen) atoms. The molecule has 0 saturated heterocycles. The molecule has 2 N–H and O–H groups in total. The summed E-state index contributed by atoms with van der Waals surface area (Å²) in [6.45, 7) is 2.91. The van der Waals surface area contributed by atoms with Gasteiger partial charge < -0.3 is 15.4 Å². The predicted molar refractivity (Wildman–Crippen MR) is 104 cm³/mol. The molecule has 0 saturated carbocycles. The van der Waals surface area contributed by atoms with Gasteiger partial charge in [-0.05, 0) is 44.0 Å². The van der Waals surface area contributed by atoms with Crippen molar-refractivity contribution in [2.24, 2.45) is 5.73 Å². The predicted octanol–water partition coefficient (Wildman–Crippen LogP) is 3.41. The van der Waals surface area contributed by atoms with E-state index in [-0.39, 0.29) is 17.4 Å². The zero-order chi connectivity index (χ0) is 19.4. The molecule has 0 spiro atoms. The van der Waals surface area contributed by atoms with Crippen LogP contribution in [0.3, 0.4) is 0 Å². The number of hydrogen-bond acceptors (Lipinski definition) is 5. The number of amides is 1. The molecule has 0 bridgehead atoms. The van der Waals surface area contributed by atoms with Crippen LogP contribution in [0.2, 0.25) is 0 Å². The van der Waals surface area contributed by atoms with Crippen LogP contribution in [0.4, 0.5) is 11.4 Å². The maximum atomic E-state index is 13.0. The number of nitrogens with zero attached hydrogens (tertiary/aromatic N) is 2. The number of nitro groups is 1. The molecule has 1 aliphatic heterocycles. The largest absolute Gasteiger partial charge is 0.449 e. The summed E-state index contributed by atoms with van der Waals surface area (Å²) in [5, 5.41) is 11.1. The molecule has 7 nitrogen and oxygen atoms in total. The molecular weight excluding hydrogens is 346 g/mol. The first-order valence-corrected chi connectivity index (χ1v) is 8.76. The fourth-order valence-corrected chi connectivity index (χ4v) is 2.96. The van der Waals surface area contributed by atoms with Gasteiger partial charge in [0.1, 0.15) is 0 Å². The molecule has 1 heterocycles. The van der Waals surface area contributed by atoms with Crippen LogP contribution >= 0.6 is 0 Å². The summed E-state index contributed by atoms with van der Waals surface area (Å²) in [5.41, 5.74) is 7.80. The average molecular weight is 367 g/mol. The van der Waals surface area contributed by atoms with Gasteiger partial charge in [0.25, 0.3) is 11.6 Å². The number of nitro benzene ring substituents is 1. The van der Waals surface area contributed by atoms with Crippen molar-refractivity contribution in [3.63, 3.8) is 0 Å². The summed E-state index contributed by atoms with van der Waals surface area (Å²) in [6.07, 6.45) is 3.14. The van der Waals surface area contributed by atoms with Crippen molar-refractivity contribution in [2.45, 2.75) is 19.8 Å². The Labute approximate surface area is 157 Å². The Balaban J connectivity index is 2.00. The third kappa shape index (κ3) is 4.15. The van der Waals surface area contributed by atoms with Gasteiger partial charge in [0.15, 0.2) is 11.5 Å². The number of hydrogen-bond donors (Lipinski definition) is 1. The summed E-state index contributed by atoms with van der Waals surface area (Å²) < 4.78 is 5.78. The second kappa shape index (κ2) is 8.01. The van der Waals surface area contributed by atoms with Crippen molar-refractivity contribution >= 4 is 23.4 Å². The fraction of sp³-hybridized carbons (Fsp3) is 0.250. The quantitative estimate of drug-likeness (QED) is 0.365. The molecule has 0 aliphatic carbocycles. The van der Waals surface area contributed by atoms with Gasteiger partial charge >= 0.3 is 0 Å². The first-order valence-electron chi connectivity index (χ1n) is 8.76. The number of aryl methyl sites for hydroxylation is 1. The molecule has 0 unspecified atom stereocenters. The van der Waals surface area contributed by atoms with Gasteiger partial charge in [-0.25, -0.2) is 0 Å². The lowest BCUT2D eigenvalue weighted by molar-refractivity contribution is -0.384. The van der Waals surface area contributed by atoms with E-state index in [0.717, 1.165) is 17.5 Å². The Bertz CT molecular complexity index is 908.